The van der Waals surface area contributed by atoms with Crippen molar-refractivity contribution in [1.29, 1.82) is 0 Å². The van der Waals surface area contributed by atoms with Crippen LogP contribution in [0.2, 0.25) is 0 Å². The Hall–Kier alpha value is -0.610. The largest absolute Gasteiger partial charge is 0.480 e. The zero-order chi connectivity index (χ0) is 13.0. The van der Waals surface area contributed by atoms with Gasteiger partial charge in [-0.2, -0.15) is 0 Å². The lowest BCUT2D eigenvalue weighted by molar-refractivity contribution is -0.143. The monoisotopic (exact) mass is 254 g/mol. The number of nitrogens with zero attached hydrogens (tertiary/aromatic N) is 2. The van der Waals surface area contributed by atoms with Gasteiger partial charge >= 0.3 is 5.97 Å². The van der Waals surface area contributed by atoms with Crippen molar-refractivity contribution >= 4 is 5.97 Å². The molecule has 2 fully saturated rings. The van der Waals surface area contributed by atoms with Crippen molar-refractivity contribution in [3.8, 4) is 0 Å². The van der Waals surface area contributed by atoms with Crippen LogP contribution in [0.4, 0.5) is 0 Å². The summed E-state index contributed by atoms with van der Waals surface area (Å²) >= 11 is 0. The third kappa shape index (κ3) is 3.45. The van der Waals surface area contributed by atoms with Crippen molar-refractivity contribution < 1.29 is 9.90 Å². The van der Waals surface area contributed by atoms with E-state index in [1.165, 1.54) is 45.2 Å². The molecule has 104 valence electrons. The van der Waals surface area contributed by atoms with Gasteiger partial charge in [0.2, 0.25) is 0 Å². The molecule has 0 bridgehead atoms. The summed E-state index contributed by atoms with van der Waals surface area (Å²) in [4.78, 5) is 15.8. The summed E-state index contributed by atoms with van der Waals surface area (Å²) in [6, 6.07) is 0.249. The van der Waals surface area contributed by atoms with Crippen LogP contribution in [0.15, 0.2) is 0 Å². The second kappa shape index (κ2) is 6.53. The molecule has 2 aliphatic heterocycles. The number of carbonyl (C=O) groups is 1. The maximum Gasteiger partial charge on any atom is 0.320 e. The molecule has 2 saturated heterocycles. The van der Waals surface area contributed by atoms with E-state index in [1.807, 2.05) is 6.92 Å². The molecule has 2 heterocycles. The van der Waals surface area contributed by atoms with Gasteiger partial charge in [0, 0.05) is 12.6 Å². The third-order valence-electron chi connectivity index (χ3n) is 4.49. The highest BCUT2D eigenvalue weighted by Gasteiger charge is 2.30. The Morgan fingerprint density at radius 3 is 2.39 bits per heavy atom. The van der Waals surface area contributed by atoms with Gasteiger partial charge in [0.05, 0.1) is 0 Å². The SMILES string of the molecule is C[C@@H](C(=O)O)N1CCC[C@@H](N2CCCCCC2)C1. The van der Waals surface area contributed by atoms with Crippen molar-refractivity contribution in [1.82, 2.24) is 9.80 Å². The van der Waals surface area contributed by atoms with Crippen LogP contribution in [-0.4, -0.2) is 59.1 Å². The van der Waals surface area contributed by atoms with Crippen molar-refractivity contribution in [2.45, 2.75) is 57.5 Å². The van der Waals surface area contributed by atoms with E-state index in [-0.39, 0.29) is 6.04 Å². The fraction of sp³-hybridized carbons (Fsp3) is 0.929. The lowest BCUT2D eigenvalue weighted by atomic mass is 10.0. The number of piperidine rings is 1. The normalized spacial score (nSPS) is 29.7. The Bertz CT molecular complexity index is 275. The molecule has 0 aromatic heterocycles. The van der Waals surface area contributed by atoms with Crippen LogP contribution in [0.1, 0.15) is 45.4 Å². The van der Waals surface area contributed by atoms with Crippen LogP contribution in [-0.2, 0) is 4.79 Å². The van der Waals surface area contributed by atoms with Gasteiger partial charge in [-0.15, -0.1) is 0 Å². The van der Waals surface area contributed by atoms with E-state index in [1.54, 1.807) is 0 Å². The van der Waals surface area contributed by atoms with Gasteiger partial charge in [-0.1, -0.05) is 12.8 Å². The minimum Gasteiger partial charge on any atom is -0.480 e. The molecule has 2 aliphatic rings. The van der Waals surface area contributed by atoms with E-state index >= 15 is 0 Å². The summed E-state index contributed by atoms with van der Waals surface area (Å²) < 4.78 is 0. The smallest absolute Gasteiger partial charge is 0.320 e. The molecule has 2 atom stereocenters. The Morgan fingerprint density at radius 1 is 1.11 bits per heavy atom. The van der Waals surface area contributed by atoms with Crippen LogP contribution >= 0.6 is 0 Å². The highest BCUT2D eigenvalue weighted by molar-refractivity contribution is 5.72. The lowest BCUT2D eigenvalue weighted by Gasteiger charge is -2.40. The Kier molecular flexibility index (Phi) is 5.01. The molecular formula is C14H26N2O2. The highest BCUT2D eigenvalue weighted by atomic mass is 16.4. The Morgan fingerprint density at radius 2 is 1.78 bits per heavy atom. The molecule has 0 saturated carbocycles. The molecular weight excluding hydrogens is 228 g/mol. The van der Waals surface area contributed by atoms with Crippen molar-refractivity contribution in [3.05, 3.63) is 0 Å². The summed E-state index contributed by atoms with van der Waals surface area (Å²) in [6.07, 6.45) is 7.72. The Balaban J connectivity index is 1.90. The maximum absolute atomic E-state index is 11.1. The van der Waals surface area contributed by atoms with Crippen LogP contribution < -0.4 is 0 Å². The molecule has 0 unspecified atom stereocenters. The second-order valence-corrected chi connectivity index (χ2v) is 5.76. The minimum absolute atomic E-state index is 0.334. The molecule has 0 spiro atoms. The van der Waals surface area contributed by atoms with Gasteiger partial charge in [-0.25, -0.2) is 0 Å². The number of rotatable bonds is 3. The molecule has 4 heteroatoms. The van der Waals surface area contributed by atoms with E-state index in [0.29, 0.717) is 6.04 Å². The van der Waals surface area contributed by atoms with Crippen molar-refractivity contribution in [3.63, 3.8) is 0 Å². The average molecular weight is 254 g/mol. The molecule has 0 aliphatic carbocycles. The molecule has 0 radical (unpaired) electrons. The predicted molar refractivity (Wildman–Crippen MR) is 71.7 cm³/mol. The summed E-state index contributed by atoms with van der Waals surface area (Å²) in [6.45, 7) is 6.11. The van der Waals surface area contributed by atoms with Crippen molar-refractivity contribution in [2.24, 2.45) is 0 Å². The molecule has 0 aromatic carbocycles. The fourth-order valence-corrected chi connectivity index (χ4v) is 3.25. The van der Waals surface area contributed by atoms with Crippen LogP contribution in [0.5, 0.6) is 0 Å². The molecule has 0 amide bonds. The van der Waals surface area contributed by atoms with E-state index in [0.717, 1.165) is 19.5 Å². The van der Waals surface area contributed by atoms with Gasteiger partial charge < -0.3 is 5.11 Å². The number of likely N-dealkylation sites (tertiary alicyclic amines) is 2. The molecule has 0 aromatic rings. The van der Waals surface area contributed by atoms with Gasteiger partial charge in [0.15, 0.2) is 0 Å². The lowest BCUT2D eigenvalue weighted by Crippen LogP contribution is -2.52. The average Bonchev–Trinajstić information content (AvgIpc) is 2.66. The zero-order valence-electron chi connectivity index (χ0n) is 11.5. The number of aliphatic carboxylic acids is 1. The maximum atomic E-state index is 11.1. The standard InChI is InChI=1S/C14H26N2O2/c1-12(14(17)18)16-10-6-7-13(11-16)15-8-4-2-3-5-9-15/h12-13H,2-11H2,1H3,(H,17,18)/t12-,13+/m0/s1. The van der Waals surface area contributed by atoms with Gasteiger partial charge in [0.25, 0.3) is 0 Å². The quantitative estimate of drug-likeness (QED) is 0.834. The van der Waals surface area contributed by atoms with E-state index < -0.39 is 5.97 Å². The zero-order valence-corrected chi connectivity index (χ0v) is 11.5. The number of hydrogen-bond acceptors (Lipinski definition) is 3. The van der Waals surface area contributed by atoms with E-state index in [9.17, 15) is 4.79 Å². The molecule has 18 heavy (non-hydrogen) atoms. The summed E-state index contributed by atoms with van der Waals surface area (Å²) in [5.74, 6) is -0.688. The molecule has 4 nitrogen and oxygen atoms in total. The first-order chi connectivity index (χ1) is 8.68. The summed E-state index contributed by atoms with van der Waals surface area (Å²) in [5, 5.41) is 9.12. The topological polar surface area (TPSA) is 43.8 Å². The van der Waals surface area contributed by atoms with Crippen LogP contribution in [0.25, 0.3) is 0 Å². The van der Waals surface area contributed by atoms with Gasteiger partial charge in [-0.05, 0) is 52.2 Å². The van der Waals surface area contributed by atoms with E-state index in [4.69, 9.17) is 5.11 Å². The van der Waals surface area contributed by atoms with Crippen LogP contribution in [0, 0.1) is 0 Å². The highest BCUT2D eigenvalue weighted by Crippen LogP contribution is 2.21. The third-order valence-corrected chi connectivity index (χ3v) is 4.49. The minimum atomic E-state index is -0.688. The first-order valence-corrected chi connectivity index (χ1v) is 7.39. The molecule has 2 rings (SSSR count). The predicted octanol–water partition coefficient (Wildman–Crippen LogP) is 1.80. The van der Waals surface area contributed by atoms with Crippen molar-refractivity contribution in [2.75, 3.05) is 26.2 Å². The number of carboxylic acid groups (broad SMARTS) is 1. The first-order valence-electron chi connectivity index (χ1n) is 7.39. The number of hydrogen-bond donors (Lipinski definition) is 1. The molecule has 1 N–H and O–H groups in total. The first kappa shape index (κ1) is 13.8. The summed E-state index contributed by atoms with van der Waals surface area (Å²) in [7, 11) is 0. The summed E-state index contributed by atoms with van der Waals surface area (Å²) in [5.41, 5.74) is 0. The van der Waals surface area contributed by atoms with Gasteiger partial charge in [0.1, 0.15) is 6.04 Å². The number of carboxylic acids is 1. The van der Waals surface area contributed by atoms with Gasteiger partial charge in [-0.3, -0.25) is 14.6 Å². The Labute approximate surface area is 110 Å². The second-order valence-electron chi connectivity index (χ2n) is 5.76. The fourth-order valence-electron chi connectivity index (χ4n) is 3.25. The van der Waals surface area contributed by atoms with E-state index in [2.05, 4.69) is 9.80 Å². The van der Waals surface area contributed by atoms with Crippen LogP contribution in [0.3, 0.4) is 0 Å².